The molecule has 0 aliphatic heterocycles. The number of nitrogens with two attached hydrogens (primary N) is 1. The first-order valence-corrected chi connectivity index (χ1v) is 7.50. The second kappa shape index (κ2) is 8.40. The maximum atomic E-state index is 5.86. The molecule has 0 heterocycles. The molecule has 0 radical (unpaired) electrons. The molecule has 20 heavy (non-hydrogen) atoms. The summed E-state index contributed by atoms with van der Waals surface area (Å²) in [5.74, 6) is 0. The molecular weight excluding hydrogens is 248 g/mol. The molecule has 0 aliphatic rings. The third kappa shape index (κ3) is 6.04. The van der Waals surface area contributed by atoms with E-state index in [1.165, 1.54) is 17.5 Å². The van der Waals surface area contributed by atoms with Crippen molar-refractivity contribution < 1.29 is 4.74 Å². The summed E-state index contributed by atoms with van der Waals surface area (Å²) >= 11 is 0. The van der Waals surface area contributed by atoms with Gasteiger partial charge in [0.15, 0.2) is 0 Å². The summed E-state index contributed by atoms with van der Waals surface area (Å²) in [6, 6.07) is 8.70. The van der Waals surface area contributed by atoms with E-state index in [4.69, 9.17) is 10.5 Å². The number of hydrogen-bond donors (Lipinski definition) is 1. The van der Waals surface area contributed by atoms with Gasteiger partial charge in [-0.3, -0.25) is 4.90 Å². The van der Waals surface area contributed by atoms with Gasteiger partial charge in [-0.2, -0.15) is 0 Å². The average Bonchev–Trinajstić information content (AvgIpc) is 2.41. The van der Waals surface area contributed by atoms with Crippen LogP contribution in [0.3, 0.4) is 0 Å². The first kappa shape index (κ1) is 17.2. The third-order valence-electron chi connectivity index (χ3n) is 3.48. The van der Waals surface area contributed by atoms with Crippen molar-refractivity contribution in [2.24, 2.45) is 11.1 Å². The van der Waals surface area contributed by atoms with Gasteiger partial charge in [0.1, 0.15) is 0 Å². The van der Waals surface area contributed by atoms with E-state index in [-0.39, 0.29) is 5.41 Å². The molecule has 3 heteroatoms. The predicted octanol–water partition coefficient (Wildman–Crippen LogP) is 3.03. The Balaban J connectivity index is 2.64. The molecule has 3 nitrogen and oxygen atoms in total. The van der Waals surface area contributed by atoms with Crippen molar-refractivity contribution >= 4 is 0 Å². The highest BCUT2D eigenvalue weighted by atomic mass is 16.5. The van der Waals surface area contributed by atoms with Crippen LogP contribution in [-0.4, -0.2) is 31.6 Å². The van der Waals surface area contributed by atoms with Crippen LogP contribution < -0.4 is 5.73 Å². The molecule has 2 N–H and O–H groups in total. The Hall–Kier alpha value is -0.900. The Morgan fingerprint density at radius 2 is 1.75 bits per heavy atom. The van der Waals surface area contributed by atoms with Crippen molar-refractivity contribution in [2.45, 2.75) is 40.3 Å². The van der Waals surface area contributed by atoms with Crippen LogP contribution in [0.4, 0.5) is 0 Å². The zero-order chi connectivity index (χ0) is 15.0. The van der Waals surface area contributed by atoms with Gasteiger partial charge in [0.25, 0.3) is 0 Å². The van der Waals surface area contributed by atoms with Crippen LogP contribution in [0.25, 0.3) is 0 Å². The van der Waals surface area contributed by atoms with Crippen LogP contribution in [0, 0.1) is 5.41 Å². The summed E-state index contributed by atoms with van der Waals surface area (Å²) in [5, 5.41) is 0. The van der Waals surface area contributed by atoms with Crippen LogP contribution in [0.5, 0.6) is 0 Å². The molecule has 0 fully saturated rings. The lowest BCUT2D eigenvalue weighted by molar-refractivity contribution is 0.175. The third-order valence-corrected chi connectivity index (χ3v) is 3.48. The molecule has 0 aliphatic carbocycles. The first-order chi connectivity index (χ1) is 9.50. The van der Waals surface area contributed by atoms with Gasteiger partial charge in [-0.1, -0.05) is 45.0 Å². The van der Waals surface area contributed by atoms with Crippen molar-refractivity contribution in [3.63, 3.8) is 0 Å². The number of benzene rings is 1. The van der Waals surface area contributed by atoms with E-state index in [0.717, 1.165) is 26.2 Å². The molecule has 0 aromatic heterocycles. The van der Waals surface area contributed by atoms with Crippen LogP contribution in [0.1, 0.15) is 38.3 Å². The zero-order valence-electron chi connectivity index (χ0n) is 13.5. The lowest BCUT2D eigenvalue weighted by Gasteiger charge is -2.31. The maximum Gasteiger partial charge on any atom is 0.0713 e. The van der Waals surface area contributed by atoms with Gasteiger partial charge in [-0.05, 0) is 36.1 Å². The normalized spacial score (nSPS) is 12.1. The Morgan fingerprint density at radius 1 is 1.15 bits per heavy atom. The quantitative estimate of drug-likeness (QED) is 0.754. The lowest BCUT2D eigenvalue weighted by atomic mass is 9.93. The summed E-state index contributed by atoms with van der Waals surface area (Å²) in [5.41, 5.74) is 8.60. The molecule has 0 unspecified atom stereocenters. The van der Waals surface area contributed by atoms with Crippen molar-refractivity contribution in [1.29, 1.82) is 0 Å². The van der Waals surface area contributed by atoms with Gasteiger partial charge in [0.05, 0.1) is 6.61 Å². The fourth-order valence-electron chi connectivity index (χ4n) is 2.37. The largest absolute Gasteiger partial charge is 0.380 e. The van der Waals surface area contributed by atoms with Gasteiger partial charge in [0.2, 0.25) is 0 Å². The molecule has 1 aromatic rings. The smallest absolute Gasteiger partial charge is 0.0713 e. The van der Waals surface area contributed by atoms with E-state index in [0.29, 0.717) is 6.61 Å². The summed E-state index contributed by atoms with van der Waals surface area (Å²) in [4.78, 5) is 2.50. The molecule has 0 bridgehead atoms. The van der Waals surface area contributed by atoms with E-state index in [1.807, 2.05) is 0 Å². The van der Waals surface area contributed by atoms with E-state index in [2.05, 4.69) is 49.9 Å². The summed E-state index contributed by atoms with van der Waals surface area (Å²) in [6.07, 6.45) is 1.17. The molecule has 0 spiro atoms. The monoisotopic (exact) mass is 278 g/mol. The van der Waals surface area contributed by atoms with E-state index in [1.54, 1.807) is 7.11 Å². The lowest BCUT2D eigenvalue weighted by Crippen LogP contribution is -2.38. The molecule has 1 aromatic carbocycles. The second-order valence-corrected chi connectivity index (χ2v) is 6.33. The summed E-state index contributed by atoms with van der Waals surface area (Å²) < 4.78 is 5.14. The Bertz CT molecular complexity index is 373. The molecule has 1 rings (SSSR count). The number of methoxy groups -OCH3 is 1. The fourth-order valence-corrected chi connectivity index (χ4v) is 2.37. The van der Waals surface area contributed by atoms with Gasteiger partial charge < -0.3 is 10.5 Å². The molecular formula is C17H30N2O. The maximum absolute atomic E-state index is 5.86. The minimum absolute atomic E-state index is 0.172. The van der Waals surface area contributed by atoms with Gasteiger partial charge in [-0.25, -0.2) is 0 Å². The van der Waals surface area contributed by atoms with Crippen LogP contribution >= 0.6 is 0 Å². The van der Waals surface area contributed by atoms with Gasteiger partial charge in [-0.15, -0.1) is 0 Å². The van der Waals surface area contributed by atoms with E-state index >= 15 is 0 Å². The summed E-state index contributed by atoms with van der Waals surface area (Å²) in [6.45, 7) is 11.2. The molecule has 0 saturated heterocycles. The number of hydrogen-bond acceptors (Lipinski definition) is 3. The van der Waals surface area contributed by atoms with E-state index < -0.39 is 0 Å². The number of rotatable bonds is 9. The molecule has 114 valence electrons. The van der Waals surface area contributed by atoms with Gasteiger partial charge >= 0.3 is 0 Å². The van der Waals surface area contributed by atoms with E-state index in [9.17, 15) is 0 Å². The van der Waals surface area contributed by atoms with Gasteiger partial charge in [0, 0.05) is 20.2 Å². The highest BCUT2D eigenvalue weighted by molar-refractivity contribution is 5.22. The number of ether oxygens (including phenoxy) is 1. The Labute approximate surface area is 124 Å². The van der Waals surface area contributed by atoms with Crippen molar-refractivity contribution in [2.75, 3.05) is 26.7 Å². The summed E-state index contributed by atoms with van der Waals surface area (Å²) in [7, 11) is 1.73. The SMILES string of the molecule is CCCN(Cc1ccc(COC)cc1)CC(C)(C)CN. The minimum Gasteiger partial charge on any atom is -0.380 e. The Morgan fingerprint density at radius 3 is 2.25 bits per heavy atom. The van der Waals surface area contributed by atoms with Crippen LogP contribution in [0.15, 0.2) is 24.3 Å². The second-order valence-electron chi connectivity index (χ2n) is 6.33. The number of nitrogens with zero attached hydrogens (tertiary/aromatic N) is 1. The average molecular weight is 278 g/mol. The zero-order valence-corrected chi connectivity index (χ0v) is 13.5. The Kier molecular flexibility index (Phi) is 7.20. The van der Waals surface area contributed by atoms with Crippen LogP contribution in [-0.2, 0) is 17.9 Å². The topological polar surface area (TPSA) is 38.5 Å². The standard InChI is InChI=1S/C17H30N2O/c1-5-10-19(14-17(2,3)13-18)11-15-6-8-16(9-7-15)12-20-4/h6-9H,5,10-14,18H2,1-4H3. The van der Waals surface area contributed by atoms with Crippen LogP contribution in [0.2, 0.25) is 0 Å². The molecule has 0 atom stereocenters. The predicted molar refractivity (Wildman–Crippen MR) is 85.6 cm³/mol. The highest BCUT2D eigenvalue weighted by Crippen LogP contribution is 2.17. The minimum atomic E-state index is 0.172. The van der Waals surface area contributed by atoms with Crippen molar-refractivity contribution in [3.8, 4) is 0 Å². The van der Waals surface area contributed by atoms with Crippen molar-refractivity contribution in [3.05, 3.63) is 35.4 Å². The highest BCUT2D eigenvalue weighted by Gasteiger charge is 2.19. The fraction of sp³-hybridized carbons (Fsp3) is 0.647. The molecule has 0 saturated carbocycles. The van der Waals surface area contributed by atoms with Crippen molar-refractivity contribution in [1.82, 2.24) is 4.90 Å². The molecule has 0 amide bonds. The first-order valence-electron chi connectivity index (χ1n) is 7.50.